The Morgan fingerprint density at radius 3 is 2.81 bits per heavy atom. The van der Waals surface area contributed by atoms with Crippen molar-refractivity contribution in [2.75, 3.05) is 20.1 Å². The molecule has 114 valence electrons. The van der Waals surface area contributed by atoms with E-state index < -0.39 is 0 Å². The number of hydrogen-bond donors (Lipinski definition) is 0. The molecule has 2 aliphatic rings. The second-order valence-corrected chi connectivity index (χ2v) is 6.29. The molecule has 5 nitrogen and oxygen atoms in total. The van der Waals surface area contributed by atoms with Gasteiger partial charge in [-0.2, -0.15) is 0 Å². The number of rotatable bonds is 1. The monoisotopic (exact) mass is 290 g/mol. The second kappa shape index (κ2) is 5.20. The van der Waals surface area contributed by atoms with Crippen LogP contribution in [0, 0.1) is 6.92 Å². The predicted molar refractivity (Wildman–Crippen MR) is 77.9 cm³/mol. The zero-order chi connectivity index (χ0) is 15.0. The molecule has 0 radical (unpaired) electrons. The lowest BCUT2D eigenvalue weighted by Gasteiger charge is -2.50. The molecule has 0 aromatic carbocycles. The van der Waals surface area contributed by atoms with Gasteiger partial charge in [-0.3, -0.25) is 9.59 Å². The number of piperidine rings is 2. The van der Waals surface area contributed by atoms with Crippen molar-refractivity contribution in [1.29, 1.82) is 0 Å². The Bertz CT molecular complexity index is 562. The van der Waals surface area contributed by atoms with E-state index in [0.29, 0.717) is 18.7 Å². The molecule has 0 aliphatic carbocycles. The van der Waals surface area contributed by atoms with Gasteiger partial charge in [0.05, 0.1) is 11.8 Å². The summed E-state index contributed by atoms with van der Waals surface area (Å²) in [6.45, 7) is 3.24. The lowest BCUT2D eigenvalue weighted by molar-refractivity contribution is -0.142. The van der Waals surface area contributed by atoms with Crippen LogP contribution in [0.1, 0.15) is 48.2 Å². The highest BCUT2D eigenvalue weighted by Gasteiger charge is 2.44. The van der Waals surface area contributed by atoms with Crippen LogP contribution in [0.5, 0.6) is 0 Å². The minimum atomic E-state index is -0.177. The van der Waals surface area contributed by atoms with E-state index in [4.69, 9.17) is 4.42 Å². The van der Waals surface area contributed by atoms with Crippen LogP contribution >= 0.6 is 0 Å². The molecule has 1 atom stereocenters. The molecule has 5 heteroatoms. The van der Waals surface area contributed by atoms with Crippen molar-refractivity contribution in [1.82, 2.24) is 9.80 Å². The van der Waals surface area contributed by atoms with Gasteiger partial charge in [-0.05, 0) is 38.7 Å². The largest absolute Gasteiger partial charge is 0.459 e. The fourth-order valence-corrected chi connectivity index (χ4v) is 3.67. The van der Waals surface area contributed by atoms with Crippen LogP contribution < -0.4 is 0 Å². The first-order chi connectivity index (χ1) is 10.0. The summed E-state index contributed by atoms with van der Waals surface area (Å²) < 4.78 is 5.33. The normalized spacial score (nSPS) is 26.5. The number of nitrogens with zero attached hydrogens (tertiary/aromatic N) is 2. The molecule has 0 saturated carbocycles. The van der Waals surface area contributed by atoms with Gasteiger partial charge in [0, 0.05) is 32.1 Å². The third-order valence-electron chi connectivity index (χ3n) is 5.02. The van der Waals surface area contributed by atoms with Crippen LogP contribution in [-0.4, -0.2) is 47.3 Å². The van der Waals surface area contributed by atoms with Crippen molar-refractivity contribution in [3.05, 3.63) is 23.7 Å². The summed E-state index contributed by atoms with van der Waals surface area (Å²) in [4.78, 5) is 28.4. The number of hydrogen-bond acceptors (Lipinski definition) is 3. The summed E-state index contributed by atoms with van der Waals surface area (Å²) in [5.41, 5.74) is 0.691. The first kappa shape index (κ1) is 14.2. The number of likely N-dealkylation sites (tertiary alicyclic amines) is 2. The standard InChI is InChI=1S/C16H22N2O3/c1-12-6-10-21-14(12)15(20)18-9-4-8-16(11-18)7-3-5-13(19)17(16)2/h6,10H,3-5,7-9,11H2,1-2H3. The zero-order valence-corrected chi connectivity index (χ0v) is 12.7. The van der Waals surface area contributed by atoms with E-state index >= 15 is 0 Å². The molecular formula is C16H22N2O3. The first-order valence-corrected chi connectivity index (χ1v) is 7.63. The Hall–Kier alpha value is -1.78. The molecule has 1 spiro atoms. The molecule has 21 heavy (non-hydrogen) atoms. The maximum Gasteiger partial charge on any atom is 0.289 e. The van der Waals surface area contributed by atoms with E-state index in [1.165, 1.54) is 0 Å². The van der Waals surface area contributed by atoms with Crippen molar-refractivity contribution < 1.29 is 14.0 Å². The molecule has 2 aliphatic heterocycles. The molecular weight excluding hydrogens is 268 g/mol. The summed E-state index contributed by atoms with van der Waals surface area (Å²) in [5.74, 6) is 0.574. The average Bonchev–Trinajstić information content (AvgIpc) is 2.90. The van der Waals surface area contributed by atoms with Crippen molar-refractivity contribution in [2.45, 2.75) is 44.6 Å². The molecule has 1 aromatic rings. The maximum absolute atomic E-state index is 12.6. The Balaban J connectivity index is 1.81. The average molecular weight is 290 g/mol. The summed E-state index contributed by atoms with van der Waals surface area (Å²) in [7, 11) is 1.88. The van der Waals surface area contributed by atoms with Gasteiger partial charge in [-0.1, -0.05) is 0 Å². The third-order valence-corrected chi connectivity index (χ3v) is 5.02. The number of carbonyl (C=O) groups excluding carboxylic acids is 2. The Labute approximate surface area is 124 Å². The molecule has 0 bridgehead atoms. The van der Waals surface area contributed by atoms with Crippen molar-refractivity contribution >= 4 is 11.8 Å². The van der Waals surface area contributed by atoms with Gasteiger partial charge in [-0.25, -0.2) is 0 Å². The molecule has 1 aromatic heterocycles. The molecule has 3 rings (SSSR count). The Morgan fingerprint density at radius 2 is 2.10 bits per heavy atom. The van der Waals surface area contributed by atoms with Gasteiger partial charge >= 0.3 is 0 Å². The summed E-state index contributed by atoms with van der Waals surface area (Å²) >= 11 is 0. The van der Waals surface area contributed by atoms with Crippen LogP contribution in [0.3, 0.4) is 0 Å². The first-order valence-electron chi connectivity index (χ1n) is 7.63. The van der Waals surface area contributed by atoms with E-state index in [-0.39, 0.29) is 17.4 Å². The second-order valence-electron chi connectivity index (χ2n) is 6.29. The molecule has 3 heterocycles. The maximum atomic E-state index is 12.6. The number of amides is 2. The fourth-order valence-electron chi connectivity index (χ4n) is 3.67. The van der Waals surface area contributed by atoms with Gasteiger partial charge in [0.25, 0.3) is 5.91 Å². The number of carbonyl (C=O) groups is 2. The van der Waals surface area contributed by atoms with Gasteiger partial charge in [0.1, 0.15) is 0 Å². The quantitative estimate of drug-likeness (QED) is 0.797. The Kier molecular flexibility index (Phi) is 3.51. The van der Waals surface area contributed by atoms with Crippen LogP contribution in [0.4, 0.5) is 0 Å². The highest BCUT2D eigenvalue weighted by Crippen LogP contribution is 2.36. The highest BCUT2D eigenvalue weighted by molar-refractivity contribution is 5.93. The van der Waals surface area contributed by atoms with E-state index in [1.807, 2.05) is 29.8 Å². The Morgan fingerprint density at radius 1 is 1.33 bits per heavy atom. The number of furan rings is 1. The summed E-state index contributed by atoms with van der Waals surface area (Å²) in [6.07, 6.45) is 6.00. The topological polar surface area (TPSA) is 53.8 Å². The smallest absolute Gasteiger partial charge is 0.289 e. The predicted octanol–water partition coefficient (Wildman–Crippen LogP) is 2.21. The van der Waals surface area contributed by atoms with Crippen molar-refractivity contribution in [3.8, 4) is 0 Å². The van der Waals surface area contributed by atoms with E-state index in [9.17, 15) is 9.59 Å². The molecule has 1 unspecified atom stereocenters. The van der Waals surface area contributed by atoms with E-state index in [0.717, 1.165) is 37.8 Å². The minimum absolute atomic E-state index is 0.0528. The van der Waals surface area contributed by atoms with Crippen molar-refractivity contribution in [3.63, 3.8) is 0 Å². The summed E-state index contributed by atoms with van der Waals surface area (Å²) in [5, 5.41) is 0. The van der Waals surface area contributed by atoms with Gasteiger partial charge in [0.15, 0.2) is 5.76 Å². The number of aryl methyl sites for hydroxylation is 1. The van der Waals surface area contributed by atoms with Crippen LogP contribution in [-0.2, 0) is 4.79 Å². The SMILES string of the molecule is Cc1ccoc1C(=O)N1CCCC2(CCCC(=O)N2C)C1. The molecule has 2 amide bonds. The van der Waals surface area contributed by atoms with E-state index in [1.54, 1.807) is 6.26 Å². The molecule has 2 fully saturated rings. The zero-order valence-electron chi connectivity index (χ0n) is 12.7. The summed E-state index contributed by atoms with van der Waals surface area (Å²) in [6, 6.07) is 1.81. The fraction of sp³-hybridized carbons (Fsp3) is 0.625. The lowest BCUT2D eigenvalue weighted by Crippen LogP contribution is -2.61. The third kappa shape index (κ3) is 2.34. The van der Waals surface area contributed by atoms with Gasteiger partial charge in [0.2, 0.25) is 5.91 Å². The van der Waals surface area contributed by atoms with Crippen molar-refractivity contribution in [2.24, 2.45) is 0 Å². The van der Waals surface area contributed by atoms with Crippen LogP contribution in [0.2, 0.25) is 0 Å². The molecule has 0 N–H and O–H groups in total. The van der Waals surface area contributed by atoms with E-state index in [2.05, 4.69) is 0 Å². The highest BCUT2D eigenvalue weighted by atomic mass is 16.3. The molecule has 2 saturated heterocycles. The minimum Gasteiger partial charge on any atom is -0.459 e. The lowest BCUT2D eigenvalue weighted by atomic mass is 9.80. The van der Waals surface area contributed by atoms with Crippen LogP contribution in [0.25, 0.3) is 0 Å². The van der Waals surface area contributed by atoms with Gasteiger partial charge in [-0.15, -0.1) is 0 Å². The van der Waals surface area contributed by atoms with Crippen LogP contribution in [0.15, 0.2) is 16.7 Å². The van der Waals surface area contributed by atoms with Gasteiger partial charge < -0.3 is 14.2 Å². The number of likely N-dealkylation sites (N-methyl/N-ethyl adjacent to an activating group) is 1.